The second-order valence-electron chi connectivity index (χ2n) is 4.33. The molecule has 2 rings (SSSR count). The number of benzene rings is 2. The molecule has 0 amide bonds. The molecule has 0 radical (unpaired) electrons. The number of hydrogen-bond acceptors (Lipinski definition) is 3. The van der Waals surface area contributed by atoms with Gasteiger partial charge in [0.1, 0.15) is 5.75 Å². The molecule has 0 aliphatic heterocycles. The molecule has 3 heteroatoms. The number of thioether (sulfide) groups is 1. The third kappa shape index (κ3) is 4.14. The van der Waals surface area contributed by atoms with Crippen molar-refractivity contribution < 1.29 is 9.53 Å². The van der Waals surface area contributed by atoms with E-state index < -0.39 is 0 Å². The fourth-order valence-corrected chi connectivity index (χ4v) is 2.76. The van der Waals surface area contributed by atoms with Crippen molar-refractivity contribution in [3.05, 3.63) is 65.7 Å². The van der Waals surface area contributed by atoms with Crippen LogP contribution in [-0.2, 0) is 5.75 Å². The highest BCUT2D eigenvalue weighted by Gasteiger charge is 2.11. The van der Waals surface area contributed by atoms with Crippen molar-refractivity contribution in [1.82, 2.24) is 0 Å². The van der Waals surface area contributed by atoms with E-state index in [1.165, 1.54) is 5.56 Å². The number of Topliss-reactive ketones (excluding diaryl/α,β-unsaturated/α-hetero) is 1. The van der Waals surface area contributed by atoms with Crippen LogP contribution in [0.5, 0.6) is 5.75 Å². The first-order valence-electron chi connectivity index (χ1n) is 6.68. The summed E-state index contributed by atoms with van der Waals surface area (Å²) in [7, 11) is 0. The molecule has 2 nitrogen and oxygen atoms in total. The van der Waals surface area contributed by atoms with Crippen LogP contribution >= 0.6 is 11.8 Å². The van der Waals surface area contributed by atoms with Crippen LogP contribution in [0, 0.1) is 0 Å². The van der Waals surface area contributed by atoms with Crippen molar-refractivity contribution >= 4 is 17.5 Å². The molecule has 0 spiro atoms. The first-order valence-corrected chi connectivity index (χ1v) is 7.83. The average molecular weight is 286 g/mol. The van der Waals surface area contributed by atoms with Gasteiger partial charge >= 0.3 is 0 Å². The monoisotopic (exact) mass is 286 g/mol. The molecule has 0 saturated carbocycles. The highest BCUT2D eigenvalue weighted by molar-refractivity contribution is 7.99. The Hall–Kier alpha value is -1.74. The van der Waals surface area contributed by atoms with E-state index in [1.54, 1.807) is 11.8 Å². The average Bonchev–Trinajstić information content (AvgIpc) is 2.49. The Balaban J connectivity index is 1.92. The summed E-state index contributed by atoms with van der Waals surface area (Å²) >= 11 is 1.63. The molecule has 2 aromatic rings. The minimum atomic E-state index is 0.120. The molecule has 2 aromatic carbocycles. The first-order chi connectivity index (χ1) is 9.81. The number of carbonyl (C=O) groups is 1. The molecule has 0 bridgehead atoms. The van der Waals surface area contributed by atoms with Crippen molar-refractivity contribution in [2.75, 3.05) is 12.4 Å². The lowest BCUT2D eigenvalue weighted by atomic mass is 10.1. The van der Waals surface area contributed by atoms with E-state index in [-0.39, 0.29) is 5.78 Å². The zero-order chi connectivity index (χ0) is 14.2. The van der Waals surface area contributed by atoms with Crippen molar-refractivity contribution in [1.29, 1.82) is 0 Å². The summed E-state index contributed by atoms with van der Waals surface area (Å²) in [5.41, 5.74) is 1.92. The highest BCUT2D eigenvalue weighted by Crippen LogP contribution is 2.21. The van der Waals surface area contributed by atoms with Gasteiger partial charge in [-0.1, -0.05) is 42.5 Å². The summed E-state index contributed by atoms with van der Waals surface area (Å²) in [5.74, 6) is 2.12. The van der Waals surface area contributed by atoms with Gasteiger partial charge in [-0.15, -0.1) is 11.8 Å². The molecular weight excluding hydrogens is 268 g/mol. The molecule has 0 N–H and O–H groups in total. The Morgan fingerprint density at radius 1 is 1.05 bits per heavy atom. The van der Waals surface area contributed by atoms with Gasteiger partial charge in [-0.25, -0.2) is 0 Å². The van der Waals surface area contributed by atoms with Crippen molar-refractivity contribution in [2.45, 2.75) is 12.7 Å². The van der Waals surface area contributed by atoms with E-state index in [0.717, 1.165) is 5.75 Å². The van der Waals surface area contributed by atoms with Gasteiger partial charge in [0.15, 0.2) is 5.78 Å². The third-order valence-electron chi connectivity index (χ3n) is 2.83. The molecule has 0 aliphatic carbocycles. The van der Waals surface area contributed by atoms with Crippen LogP contribution < -0.4 is 4.74 Å². The number of carbonyl (C=O) groups excluding carboxylic acids is 1. The second-order valence-corrected chi connectivity index (χ2v) is 5.32. The van der Waals surface area contributed by atoms with E-state index in [2.05, 4.69) is 12.1 Å². The number of rotatable bonds is 7. The highest BCUT2D eigenvalue weighted by atomic mass is 32.2. The molecule has 0 fully saturated rings. The minimum Gasteiger partial charge on any atom is -0.493 e. The SMILES string of the molecule is CCOc1ccccc1C(=O)CSCc1ccccc1. The number of para-hydroxylation sites is 1. The molecular formula is C17H18O2S. The maximum atomic E-state index is 12.2. The summed E-state index contributed by atoms with van der Waals surface area (Å²) in [4.78, 5) is 12.2. The molecule has 0 aliphatic rings. The van der Waals surface area contributed by atoms with Crippen LogP contribution in [0.2, 0.25) is 0 Å². The van der Waals surface area contributed by atoms with Gasteiger partial charge in [-0.3, -0.25) is 4.79 Å². The lowest BCUT2D eigenvalue weighted by Gasteiger charge is -2.08. The number of ketones is 1. The fourth-order valence-electron chi connectivity index (χ4n) is 1.89. The number of ether oxygens (including phenoxy) is 1. The Labute approximate surface area is 124 Å². The van der Waals surface area contributed by atoms with Gasteiger partial charge in [-0.2, -0.15) is 0 Å². The summed E-state index contributed by atoms with van der Waals surface area (Å²) < 4.78 is 5.49. The van der Waals surface area contributed by atoms with Crippen LogP contribution in [0.1, 0.15) is 22.8 Å². The molecule has 0 heterocycles. The van der Waals surface area contributed by atoms with Crippen molar-refractivity contribution in [3.63, 3.8) is 0 Å². The van der Waals surface area contributed by atoms with Crippen LogP contribution in [0.4, 0.5) is 0 Å². The van der Waals surface area contributed by atoms with Gasteiger partial charge in [0.25, 0.3) is 0 Å². The Morgan fingerprint density at radius 3 is 2.50 bits per heavy atom. The largest absolute Gasteiger partial charge is 0.493 e. The summed E-state index contributed by atoms with van der Waals surface area (Å²) in [5, 5.41) is 0. The summed E-state index contributed by atoms with van der Waals surface area (Å²) in [6.07, 6.45) is 0. The summed E-state index contributed by atoms with van der Waals surface area (Å²) in [6.45, 7) is 2.49. The molecule has 0 unspecified atom stereocenters. The maximum Gasteiger partial charge on any atom is 0.176 e. The van der Waals surface area contributed by atoms with Crippen molar-refractivity contribution in [3.8, 4) is 5.75 Å². The zero-order valence-corrected chi connectivity index (χ0v) is 12.4. The van der Waals surface area contributed by atoms with Gasteiger partial charge in [0.05, 0.1) is 17.9 Å². The Bertz CT molecular complexity index is 552. The van der Waals surface area contributed by atoms with Crippen LogP contribution in [0.25, 0.3) is 0 Å². The van der Waals surface area contributed by atoms with Crippen LogP contribution in [-0.4, -0.2) is 18.1 Å². The zero-order valence-electron chi connectivity index (χ0n) is 11.5. The smallest absolute Gasteiger partial charge is 0.176 e. The van der Waals surface area contributed by atoms with Gasteiger partial charge in [0, 0.05) is 5.75 Å². The Morgan fingerprint density at radius 2 is 1.75 bits per heavy atom. The maximum absolute atomic E-state index is 12.2. The van der Waals surface area contributed by atoms with E-state index in [0.29, 0.717) is 23.7 Å². The lowest BCUT2D eigenvalue weighted by Crippen LogP contribution is -2.06. The Kier molecular flexibility index (Phi) is 5.69. The van der Waals surface area contributed by atoms with Crippen LogP contribution in [0.15, 0.2) is 54.6 Å². The first kappa shape index (κ1) is 14.7. The van der Waals surface area contributed by atoms with Gasteiger partial charge in [0.2, 0.25) is 0 Å². The fraction of sp³-hybridized carbons (Fsp3) is 0.235. The van der Waals surface area contributed by atoms with E-state index in [1.807, 2.05) is 49.4 Å². The predicted molar refractivity (Wildman–Crippen MR) is 84.5 cm³/mol. The normalized spacial score (nSPS) is 10.2. The van der Waals surface area contributed by atoms with E-state index in [4.69, 9.17) is 4.74 Å². The molecule has 104 valence electrons. The lowest BCUT2D eigenvalue weighted by molar-refractivity contribution is 0.101. The van der Waals surface area contributed by atoms with Gasteiger partial charge < -0.3 is 4.74 Å². The standard InChI is InChI=1S/C17H18O2S/c1-2-19-17-11-7-6-10-15(17)16(18)13-20-12-14-8-4-3-5-9-14/h3-11H,2,12-13H2,1H3. The summed E-state index contributed by atoms with van der Waals surface area (Å²) in [6, 6.07) is 17.6. The molecule has 20 heavy (non-hydrogen) atoms. The topological polar surface area (TPSA) is 26.3 Å². The van der Waals surface area contributed by atoms with Crippen LogP contribution in [0.3, 0.4) is 0 Å². The predicted octanol–water partition coefficient (Wildman–Crippen LogP) is 4.20. The number of hydrogen-bond donors (Lipinski definition) is 0. The van der Waals surface area contributed by atoms with Crippen molar-refractivity contribution in [2.24, 2.45) is 0 Å². The molecule has 0 saturated heterocycles. The van der Waals surface area contributed by atoms with E-state index in [9.17, 15) is 4.79 Å². The van der Waals surface area contributed by atoms with Gasteiger partial charge in [-0.05, 0) is 24.6 Å². The quantitative estimate of drug-likeness (QED) is 0.713. The second kappa shape index (κ2) is 7.75. The third-order valence-corrected chi connectivity index (χ3v) is 3.84. The molecule has 0 atom stereocenters. The minimum absolute atomic E-state index is 0.120. The van der Waals surface area contributed by atoms with E-state index >= 15 is 0 Å². The molecule has 0 aromatic heterocycles.